The Balaban J connectivity index is 1.45. The Morgan fingerprint density at radius 3 is 1.56 bits per heavy atom. The molecule has 0 radical (unpaired) electrons. The smallest absolute Gasteiger partial charge is 0.397 e. The molecule has 0 aromatic carbocycles. The van der Waals surface area contributed by atoms with Gasteiger partial charge in [-0.25, -0.2) is 18.0 Å². The number of hydrogen-bond acceptors (Lipinski definition) is 34. The van der Waals surface area contributed by atoms with Gasteiger partial charge in [0.25, 0.3) is 0 Å². The van der Waals surface area contributed by atoms with Crippen molar-refractivity contribution in [2.45, 2.75) is 166 Å². The van der Waals surface area contributed by atoms with E-state index < -0.39 is 243 Å². The van der Waals surface area contributed by atoms with Crippen molar-refractivity contribution < 1.29 is 183 Å². The number of aliphatic carboxylic acids is 2. The molecule has 0 aliphatic carbocycles. The molecule has 78 heavy (non-hydrogen) atoms. The summed E-state index contributed by atoms with van der Waals surface area (Å²) in [4.78, 5) is 37.3. The molecule has 0 spiro atoms. The van der Waals surface area contributed by atoms with Crippen LogP contribution in [0.4, 0.5) is 0 Å². The van der Waals surface area contributed by atoms with E-state index in [1.165, 1.54) is 0 Å². The lowest BCUT2D eigenvalue weighted by molar-refractivity contribution is -0.386. The molecular weight excluding hydrogens is 1130 g/mol. The molecule has 0 aromatic heterocycles. The minimum atomic E-state index is -5.67. The van der Waals surface area contributed by atoms with E-state index in [1.54, 1.807) is 0 Å². The molecule has 26 atom stereocenters. The highest BCUT2D eigenvalue weighted by Gasteiger charge is 2.59. The first-order valence-electron chi connectivity index (χ1n) is 22.5. The van der Waals surface area contributed by atoms with Crippen LogP contribution in [0.1, 0.15) is 6.92 Å². The number of hydrogen-bond donors (Lipinski definition) is 20. The van der Waals surface area contributed by atoms with E-state index in [4.69, 9.17) is 47.4 Å². The van der Waals surface area contributed by atoms with Crippen LogP contribution in [0.5, 0.6) is 0 Å². The van der Waals surface area contributed by atoms with Crippen molar-refractivity contribution in [1.29, 1.82) is 0 Å². The SMILES string of the molecule is CC(=O)N[C@H]1[C@H](O[C@H]2[C@H](O)[C@@H](O)[C@H](O[C@H]3[C@@H](O)[C@@H](CO)O[C@@H](O[C@@H]4[C@@H](O)[C@H](O[C@H](CO)[C@H](O)[C@@H](O)CO)O[C@H](CO)[C@@H]4OS(=O)(=O)O)[C@@H]3O)O[C@@H]2C(=O)O)O[C@H](CO)[C@H](OS(=O)(=O)O)[C@@H]1O[C@@H]1OC(C(=O)O)=C(O)[C@H](O)[C@H]1O. The molecular formula is C37H59NO38S2. The van der Waals surface area contributed by atoms with E-state index in [9.17, 15) is 127 Å². The average Bonchev–Trinajstić information content (AvgIpc) is 3.36. The number of nitrogens with one attached hydrogen (secondary N) is 1. The van der Waals surface area contributed by atoms with Gasteiger partial charge in [-0.2, -0.15) is 16.8 Å². The summed E-state index contributed by atoms with van der Waals surface area (Å²) in [5, 5.41) is 180. The molecule has 0 saturated carbocycles. The van der Waals surface area contributed by atoms with E-state index in [0.29, 0.717) is 0 Å². The highest BCUT2D eigenvalue weighted by Crippen LogP contribution is 2.38. The largest absolute Gasteiger partial charge is 0.506 e. The zero-order chi connectivity index (χ0) is 58.6. The number of amides is 1. The van der Waals surface area contributed by atoms with Crippen LogP contribution in [0, 0.1) is 0 Å². The Hall–Kier alpha value is -3.43. The van der Waals surface area contributed by atoms with Gasteiger partial charge in [0, 0.05) is 6.92 Å². The fourth-order valence-electron chi connectivity index (χ4n) is 8.50. The van der Waals surface area contributed by atoms with Crippen LogP contribution >= 0.6 is 0 Å². The van der Waals surface area contributed by atoms with Crippen LogP contribution in [0.2, 0.25) is 0 Å². The summed E-state index contributed by atoms with van der Waals surface area (Å²) in [5.41, 5.74) is 0. The predicted molar refractivity (Wildman–Crippen MR) is 229 cm³/mol. The van der Waals surface area contributed by atoms with Gasteiger partial charge in [-0.3, -0.25) is 13.9 Å². The van der Waals surface area contributed by atoms with Crippen molar-refractivity contribution >= 4 is 38.6 Å². The molecule has 5 aliphatic heterocycles. The Labute approximate surface area is 437 Å². The second kappa shape index (κ2) is 27.1. The molecule has 5 aliphatic rings. The fourth-order valence-corrected chi connectivity index (χ4v) is 9.53. The van der Waals surface area contributed by atoms with Crippen LogP contribution in [0.15, 0.2) is 11.5 Å². The molecule has 4 saturated heterocycles. The standard InChI is InChI=1S/C37H59NO38S2/c1-7(44)38-13-25(69-34-19(51)16(48)17(49)29(73-34)31(55)56)23(75-77(59,60)61)11(5-42)67-33(13)71-27-18(50)20(52)35(74-30(27)32(57)58)70-26-15(47)10(4-41)66-37(21(26)53)72-28-22(54)36(65-9(3-40)14(46)8(45)2-39)68-12(6-43)24(28)76-78(62,63)64/h8-16,18-28,30,33-37,39-43,45-54H,2-6H2,1H3,(H,38,44)(H,55,56)(H,57,58)(H,59,60,61)(H,62,63,64)/t8-,9+,10+,11+,12+,13+,14+,15-,16-,18+,19+,20+,21+,22+,23-,24-,25+,26-,27-,28+,30-,33-,34+,35+,36+,37-/m0/s1. The van der Waals surface area contributed by atoms with Crippen LogP contribution in [-0.2, 0) is 90.9 Å². The topological polar surface area (TPSA) is 627 Å². The lowest BCUT2D eigenvalue weighted by Crippen LogP contribution is -2.70. The zero-order valence-corrected chi connectivity index (χ0v) is 41.2. The Morgan fingerprint density at radius 1 is 0.577 bits per heavy atom. The van der Waals surface area contributed by atoms with Crippen LogP contribution < -0.4 is 5.32 Å². The van der Waals surface area contributed by atoms with Crippen LogP contribution in [0.25, 0.3) is 0 Å². The lowest BCUT2D eigenvalue weighted by Gasteiger charge is -2.50. The summed E-state index contributed by atoms with van der Waals surface area (Å²) < 4.78 is 131. The second-order valence-corrected chi connectivity index (χ2v) is 19.6. The van der Waals surface area contributed by atoms with Gasteiger partial charge >= 0.3 is 32.7 Å². The second-order valence-electron chi connectivity index (χ2n) is 17.5. The van der Waals surface area contributed by atoms with Gasteiger partial charge in [-0.15, -0.1) is 0 Å². The number of carbonyl (C=O) groups excluding carboxylic acids is 1. The van der Waals surface area contributed by atoms with E-state index in [0.717, 1.165) is 6.92 Å². The van der Waals surface area contributed by atoms with Crippen molar-refractivity contribution in [1.82, 2.24) is 5.32 Å². The first-order valence-corrected chi connectivity index (χ1v) is 25.3. The number of ether oxygens (including phenoxy) is 10. The average molecular weight is 1190 g/mol. The number of aliphatic hydroxyl groups excluding tert-OH is 15. The van der Waals surface area contributed by atoms with Gasteiger partial charge in [0.2, 0.25) is 18.0 Å². The van der Waals surface area contributed by atoms with Gasteiger partial charge in [-0.05, 0) is 0 Å². The molecule has 452 valence electrons. The number of aliphatic hydroxyl groups is 15. The Kier molecular flexibility index (Phi) is 22.7. The molecule has 39 nitrogen and oxygen atoms in total. The fraction of sp³-hybridized carbons (Fsp3) is 0.865. The van der Waals surface area contributed by atoms with E-state index in [2.05, 4.69) is 13.7 Å². The molecule has 41 heteroatoms. The summed E-state index contributed by atoms with van der Waals surface area (Å²) in [5.74, 6) is -8.22. The van der Waals surface area contributed by atoms with Crippen LogP contribution in [0.3, 0.4) is 0 Å². The molecule has 4 fully saturated rings. The molecule has 20 N–H and O–H groups in total. The number of carbonyl (C=O) groups is 3. The van der Waals surface area contributed by atoms with Crippen molar-refractivity contribution in [2.24, 2.45) is 0 Å². The maximum atomic E-state index is 12.9. The third kappa shape index (κ3) is 15.2. The maximum absolute atomic E-state index is 12.9. The highest BCUT2D eigenvalue weighted by atomic mass is 32.3. The lowest BCUT2D eigenvalue weighted by atomic mass is 9.94. The van der Waals surface area contributed by atoms with E-state index in [-0.39, 0.29) is 0 Å². The minimum absolute atomic E-state index is 0.785. The Morgan fingerprint density at radius 2 is 1.06 bits per heavy atom. The zero-order valence-electron chi connectivity index (χ0n) is 39.6. The van der Waals surface area contributed by atoms with Crippen molar-refractivity contribution in [3.8, 4) is 0 Å². The van der Waals surface area contributed by atoms with Gasteiger partial charge < -0.3 is 139 Å². The molecule has 0 bridgehead atoms. The molecule has 0 aromatic rings. The molecule has 5 rings (SSSR count). The van der Waals surface area contributed by atoms with Gasteiger partial charge in [-0.1, -0.05) is 0 Å². The number of carboxylic acid groups (broad SMARTS) is 2. The van der Waals surface area contributed by atoms with Gasteiger partial charge in [0.15, 0.2) is 37.0 Å². The number of carboxylic acids is 2. The normalized spacial score (nSPS) is 41.1. The van der Waals surface area contributed by atoms with E-state index in [1.807, 2.05) is 0 Å². The van der Waals surface area contributed by atoms with Gasteiger partial charge in [0.1, 0.15) is 122 Å². The first kappa shape index (κ1) is 65.4. The third-order valence-electron chi connectivity index (χ3n) is 12.2. The quantitative estimate of drug-likeness (QED) is 0.0399. The molecule has 0 unspecified atom stereocenters. The van der Waals surface area contributed by atoms with E-state index >= 15 is 0 Å². The van der Waals surface area contributed by atoms with Crippen molar-refractivity contribution in [2.75, 3.05) is 33.0 Å². The predicted octanol–water partition coefficient (Wildman–Crippen LogP) is -12.8. The van der Waals surface area contributed by atoms with Gasteiger partial charge in [0.05, 0.1) is 33.0 Å². The summed E-state index contributed by atoms with van der Waals surface area (Å²) in [6.45, 7) is -5.40. The van der Waals surface area contributed by atoms with Crippen molar-refractivity contribution in [3.63, 3.8) is 0 Å². The third-order valence-corrected chi connectivity index (χ3v) is 13.2. The molecule has 5 heterocycles. The first-order chi connectivity index (χ1) is 36.3. The monoisotopic (exact) mass is 1190 g/mol. The highest BCUT2D eigenvalue weighted by molar-refractivity contribution is 7.81. The minimum Gasteiger partial charge on any atom is -0.506 e. The maximum Gasteiger partial charge on any atom is 0.397 e. The summed E-state index contributed by atoms with van der Waals surface area (Å²) in [6.07, 6.45) is -59.3. The summed E-state index contributed by atoms with van der Waals surface area (Å²) in [7, 11) is -11.3. The Bertz CT molecular complexity index is 2280. The van der Waals surface area contributed by atoms with Crippen LogP contribution in [-0.4, -0.2) is 323 Å². The summed E-state index contributed by atoms with van der Waals surface area (Å²) in [6, 6.07) is -2.22. The number of rotatable bonds is 24. The molecule has 1 amide bonds. The summed E-state index contributed by atoms with van der Waals surface area (Å²) >= 11 is 0. The van der Waals surface area contributed by atoms with Crippen molar-refractivity contribution in [3.05, 3.63) is 11.5 Å².